The van der Waals surface area contributed by atoms with Gasteiger partial charge < -0.3 is 4.90 Å². The summed E-state index contributed by atoms with van der Waals surface area (Å²) in [5.74, 6) is -1.20. The summed E-state index contributed by atoms with van der Waals surface area (Å²) in [6.45, 7) is 2.86. The summed E-state index contributed by atoms with van der Waals surface area (Å²) in [7, 11) is -7.08. The van der Waals surface area contributed by atoms with Crippen LogP contribution in [0.2, 0.25) is 10.0 Å². The molecule has 4 aliphatic heterocycles. The van der Waals surface area contributed by atoms with Crippen molar-refractivity contribution < 1.29 is 35.2 Å². The number of hydrazine groups is 1. The number of carbonyl (C=O) groups excluding carboxylic acids is 2. The third kappa shape index (κ3) is 10.7. The first-order chi connectivity index (χ1) is 34.1. The standard InChI is InChI=1S/C27H26ClFN4O3S.C25H23ClFN3O3S/c28-21-6-10-23(11-7-21)33-26-20(12-17-4-8-22(29)9-5-17)15-37(35,36)16-24(26)25(30-33)27(34)31-32-13-18-2-1-3-19(18)14-32;26-19-6-10-21(11-7-19)30-24-18(14-17-4-8-20(27)9-5-17)15-34(32,33)16-22(24)23(28-30)25(31)29-12-2-1-3-13-29/h4-12,18-19H,1-3,13-16H2,(H,31,34);4-11,14H,1-3,12-13,15-16H2/b20-12+;18-14+. The summed E-state index contributed by atoms with van der Waals surface area (Å²) < 4.78 is 82.1. The van der Waals surface area contributed by atoms with Crippen LogP contribution in [0.15, 0.2) is 97.1 Å². The van der Waals surface area contributed by atoms with Crippen molar-refractivity contribution in [3.8, 4) is 11.4 Å². The van der Waals surface area contributed by atoms with E-state index in [9.17, 15) is 35.2 Å². The highest BCUT2D eigenvalue weighted by molar-refractivity contribution is 7.91. The van der Waals surface area contributed by atoms with Crippen molar-refractivity contribution in [1.82, 2.24) is 34.9 Å². The van der Waals surface area contributed by atoms with E-state index in [4.69, 9.17) is 23.2 Å². The molecule has 0 spiro atoms. The molecule has 0 bridgehead atoms. The van der Waals surface area contributed by atoms with Gasteiger partial charge in [0.15, 0.2) is 31.1 Å². The number of nitrogens with one attached hydrogen (secondary N) is 1. The molecule has 0 radical (unpaired) electrons. The maximum atomic E-state index is 13.5. The lowest BCUT2D eigenvalue weighted by atomic mass is 10.0. The molecule has 6 aromatic rings. The number of hydrogen-bond acceptors (Lipinski definition) is 9. The van der Waals surface area contributed by atoms with Gasteiger partial charge in [0.05, 0.1) is 45.8 Å². The van der Waals surface area contributed by atoms with Crippen LogP contribution in [-0.2, 0) is 31.2 Å². The number of likely N-dealkylation sites (tertiary alicyclic amines) is 1. The maximum absolute atomic E-state index is 13.5. The number of nitrogens with zero attached hydrogens (tertiary/aromatic N) is 6. The Morgan fingerprint density at radius 1 is 0.577 bits per heavy atom. The van der Waals surface area contributed by atoms with Gasteiger partial charge in [0, 0.05) is 47.4 Å². The minimum Gasteiger partial charge on any atom is -0.337 e. The Morgan fingerprint density at radius 3 is 1.48 bits per heavy atom. The van der Waals surface area contributed by atoms with Gasteiger partial charge in [-0.1, -0.05) is 53.9 Å². The van der Waals surface area contributed by atoms with Crippen molar-refractivity contribution in [3.05, 3.63) is 164 Å². The van der Waals surface area contributed by atoms with Crippen LogP contribution in [0.1, 0.15) is 93.1 Å². The molecule has 1 saturated carbocycles. The van der Waals surface area contributed by atoms with E-state index in [0.29, 0.717) is 91.1 Å². The number of amides is 2. The fraction of sp³-hybridized carbons (Fsp3) is 0.308. The van der Waals surface area contributed by atoms with Crippen molar-refractivity contribution in [2.45, 2.75) is 50.0 Å². The van der Waals surface area contributed by atoms with Crippen LogP contribution in [0, 0.1) is 23.5 Å². The predicted octanol–water partition coefficient (Wildman–Crippen LogP) is 9.27. The normalized spacial score (nSPS) is 21.3. The molecule has 1 aliphatic carbocycles. The fourth-order valence-electron chi connectivity index (χ4n) is 10.4. The molecule has 11 rings (SSSR count). The molecule has 2 saturated heterocycles. The second-order valence-corrected chi connectivity index (χ2v) is 23.8. The highest BCUT2D eigenvalue weighted by Gasteiger charge is 2.40. The first-order valence-electron chi connectivity index (χ1n) is 23.5. The largest absolute Gasteiger partial charge is 0.337 e. The Bertz CT molecular complexity index is 3310. The van der Waals surface area contributed by atoms with Crippen LogP contribution < -0.4 is 5.43 Å². The summed E-state index contributed by atoms with van der Waals surface area (Å²) in [5.41, 5.74) is 8.80. The van der Waals surface area contributed by atoms with Gasteiger partial charge in [-0.15, -0.1) is 0 Å². The topological polar surface area (TPSA) is 157 Å². The van der Waals surface area contributed by atoms with Gasteiger partial charge in [-0.05, 0) is 151 Å². The number of fused-ring (bicyclic) bond motifs is 3. The molecule has 2 unspecified atom stereocenters. The van der Waals surface area contributed by atoms with E-state index in [1.165, 1.54) is 43.5 Å². The molecule has 2 atom stereocenters. The zero-order chi connectivity index (χ0) is 49.6. The van der Waals surface area contributed by atoms with Gasteiger partial charge in [-0.25, -0.2) is 40.0 Å². The molecule has 4 aromatic carbocycles. The summed E-state index contributed by atoms with van der Waals surface area (Å²) in [5, 5.41) is 12.3. The van der Waals surface area contributed by atoms with Gasteiger partial charge in [-0.2, -0.15) is 10.2 Å². The zero-order valence-corrected chi connectivity index (χ0v) is 41.6. The lowest BCUT2D eigenvalue weighted by Gasteiger charge is -2.26. The van der Waals surface area contributed by atoms with Crippen molar-refractivity contribution in [3.63, 3.8) is 0 Å². The van der Waals surface area contributed by atoms with Gasteiger partial charge in [-0.3, -0.25) is 15.0 Å². The number of sulfone groups is 2. The first kappa shape index (κ1) is 48.6. The molecule has 1 N–H and O–H groups in total. The van der Waals surface area contributed by atoms with Crippen LogP contribution in [-0.4, -0.2) is 95.8 Å². The van der Waals surface area contributed by atoms with Gasteiger partial charge >= 0.3 is 0 Å². The highest BCUT2D eigenvalue weighted by atomic mass is 35.5. The zero-order valence-electron chi connectivity index (χ0n) is 38.4. The van der Waals surface area contributed by atoms with E-state index in [-0.39, 0.29) is 51.9 Å². The molecule has 13 nitrogen and oxygen atoms in total. The third-order valence-corrected chi connectivity index (χ3v) is 17.1. The summed E-state index contributed by atoms with van der Waals surface area (Å²) in [4.78, 5) is 28.7. The fourth-order valence-corrected chi connectivity index (χ4v) is 13.7. The monoisotopic (exact) mass is 1040 g/mol. The molecule has 368 valence electrons. The van der Waals surface area contributed by atoms with E-state index in [1.807, 2.05) is 5.01 Å². The number of carbonyl (C=O) groups is 2. The average molecular weight is 1040 g/mol. The minimum absolute atomic E-state index is 0.0929. The van der Waals surface area contributed by atoms with E-state index in [0.717, 1.165) is 32.4 Å². The Kier molecular flexibility index (Phi) is 13.6. The molecule has 2 amide bonds. The Morgan fingerprint density at radius 2 is 1.01 bits per heavy atom. The molecule has 2 aromatic heterocycles. The molecule has 5 aliphatic rings. The molecule has 71 heavy (non-hydrogen) atoms. The first-order valence-corrected chi connectivity index (χ1v) is 27.9. The highest BCUT2D eigenvalue weighted by Crippen LogP contribution is 2.39. The number of benzene rings is 4. The van der Waals surface area contributed by atoms with Crippen molar-refractivity contribution in [2.75, 3.05) is 37.7 Å². The predicted molar refractivity (Wildman–Crippen MR) is 270 cm³/mol. The van der Waals surface area contributed by atoms with Gasteiger partial charge in [0.2, 0.25) is 0 Å². The lowest BCUT2D eigenvalue weighted by molar-refractivity contribution is 0.0716. The number of aromatic nitrogens is 4. The SMILES string of the molecule is O=C(NN1CC2CCCC2C1)c1nn(-c2ccc(Cl)cc2)c2c1CS(=O)(=O)C/C2=C\c1ccc(F)cc1.O=C(c1nn(-c2ccc(Cl)cc2)c2c1CS(=O)(=O)C/C2=C\c1ccc(F)cc1)N1CCCCC1. The van der Waals surface area contributed by atoms with E-state index in [2.05, 4.69) is 15.6 Å². The third-order valence-electron chi connectivity index (χ3n) is 13.7. The summed E-state index contributed by atoms with van der Waals surface area (Å²) in [6.07, 6.45) is 9.92. The lowest BCUT2D eigenvalue weighted by Crippen LogP contribution is -2.41. The number of rotatable bonds is 7. The quantitative estimate of drug-likeness (QED) is 0.165. The molecule has 19 heteroatoms. The van der Waals surface area contributed by atoms with Gasteiger partial charge in [0.1, 0.15) is 11.6 Å². The Hall–Kier alpha value is -5.98. The van der Waals surface area contributed by atoms with Gasteiger partial charge in [0.25, 0.3) is 11.8 Å². The Balaban J connectivity index is 0.000000165. The Labute approximate surface area is 420 Å². The second-order valence-electron chi connectivity index (χ2n) is 18.8. The molecule has 3 fully saturated rings. The van der Waals surface area contributed by atoms with E-state index in [1.54, 1.807) is 99.2 Å². The minimum atomic E-state index is -3.56. The van der Waals surface area contributed by atoms with E-state index >= 15 is 0 Å². The number of piperidine rings is 1. The van der Waals surface area contributed by atoms with Crippen molar-refractivity contribution >= 4 is 78.0 Å². The smallest absolute Gasteiger partial charge is 0.286 e. The van der Waals surface area contributed by atoms with Crippen molar-refractivity contribution in [1.29, 1.82) is 0 Å². The summed E-state index contributed by atoms with van der Waals surface area (Å²) in [6, 6.07) is 25.6. The molecular formula is C52H49Cl2F2N7O6S2. The second kappa shape index (κ2) is 19.9. The maximum Gasteiger partial charge on any atom is 0.286 e. The van der Waals surface area contributed by atoms with Crippen LogP contribution in [0.25, 0.3) is 34.7 Å². The summed E-state index contributed by atoms with van der Waals surface area (Å²) >= 11 is 12.2. The number of halogens is 4. The average Bonchev–Trinajstić information content (AvgIpc) is 4.13. The van der Waals surface area contributed by atoms with Crippen LogP contribution in [0.5, 0.6) is 0 Å². The van der Waals surface area contributed by atoms with Crippen LogP contribution in [0.3, 0.4) is 0 Å². The van der Waals surface area contributed by atoms with E-state index < -0.39 is 25.6 Å². The van der Waals surface area contributed by atoms with Crippen LogP contribution in [0.4, 0.5) is 8.78 Å². The molecular weight excluding hydrogens is 992 g/mol. The number of hydrogen-bond donors (Lipinski definition) is 1. The molecule has 6 heterocycles. The van der Waals surface area contributed by atoms with Crippen molar-refractivity contribution in [2.24, 2.45) is 11.8 Å². The van der Waals surface area contributed by atoms with Crippen LogP contribution >= 0.6 is 23.2 Å².